The first-order chi connectivity index (χ1) is 8.77. The van der Waals surface area contributed by atoms with Crippen molar-refractivity contribution in [2.75, 3.05) is 0 Å². The summed E-state index contributed by atoms with van der Waals surface area (Å²) in [5.41, 5.74) is 0.973. The molecule has 1 atom stereocenters. The van der Waals surface area contributed by atoms with E-state index in [1.807, 2.05) is 72.4 Å². The Morgan fingerprint density at radius 3 is 2.32 bits per heavy atom. The van der Waals surface area contributed by atoms with Gasteiger partial charge in [0.1, 0.15) is 0 Å². The highest BCUT2D eigenvalue weighted by molar-refractivity contribution is 5.77. The molecule has 100 valence electrons. The smallest absolute Gasteiger partial charge is 0.317 e. The molecule has 3 heteroatoms. The Kier molecular flexibility index (Phi) is 5.73. The second-order valence-corrected chi connectivity index (χ2v) is 4.11. The van der Waals surface area contributed by atoms with Crippen LogP contribution in [0.5, 0.6) is 0 Å². The van der Waals surface area contributed by atoms with Gasteiger partial charge in [0.25, 0.3) is 6.73 Å². The van der Waals surface area contributed by atoms with Crippen LogP contribution in [0.3, 0.4) is 0 Å². The maximum Gasteiger partial charge on any atom is 0.317 e. The second-order valence-electron chi connectivity index (χ2n) is 4.11. The quantitative estimate of drug-likeness (QED) is 0.479. The van der Waals surface area contributed by atoms with Crippen molar-refractivity contribution in [3.05, 3.63) is 73.9 Å². The summed E-state index contributed by atoms with van der Waals surface area (Å²) in [4.78, 5) is 11.9. The third kappa shape index (κ3) is 4.21. The molecule has 0 bridgehead atoms. The summed E-state index contributed by atoms with van der Waals surface area (Å²) in [5, 5.41) is 0. The minimum absolute atomic E-state index is 0. The number of aromatic nitrogens is 1. The van der Waals surface area contributed by atoms with Gasteiger partial charge in [-0.3, -0.25) is 4.79 Å². The number of nitrogens with zero attached hydrogens (tertiary/aromatic N) is 1. The first-order valence-electron chi connectivity index (χ1n) is 5.93. The van der Waals surface area contributed by atoms with Crippen LogP contribution < -0.4 is 4.57 Å². The van der Waals surface area contributed by atoms with Gasteiger partial charge >= 0.3 is 5.97 Å². The molecule has 0 N–H and O–H groups in total. The Labute approximate surface area is 114 Å². The van der Waals surface area contributed by atoms with E-state index in [-0.39, 0.29) is 26.0 Å². The molecule has 2 rings (SSSR count). The van der Waals surface area contributed by atoms with Crippen molar-refractivity contribution >= 4 is 5.97 Å². The Hall–Kier alpha value is -2.16. The van der Waals surface area contributed by atoms with Crippen LogP contribution in [0.25, 0.3) is 0 Å². The molecule has 0 aliphatic heterocycles. The summed E-state index contributed by atoms with van der Waals surface area (Å²) in [6.45, 7) is 2.10. The number of benzene rings is 1. The predicted octanol–water partition coefficient (Wildman–Crippen LogP) is 2.73. The molecule has 19 heavy (non-hydrogen) atoms. The van der Waals surface area contributed by atoms with E-state index in [1.165, 1.54) is 0 Å². The van der Waals surface area contributed by atoms with Gasteiger partial charge in [-0.25, -0.2) is 0 Å². The summed E-state index contributed by atoms with van der Waals surface area (Å²) < 4.78 is 7.08. The van der Waals surface area contributed by atoms with Crippen molar-refractivity contribution in [2.24, 2.45) is 0 Å². The lowest BCUT2D eigenvalue weighted by molar-refractivity contribution is -0.727. The zero-order valence-electron chi connectivity index (χ0n) is 11.3. The lowest BCUT2D eigenvalue weighted by atomic mass is 10.0. The number of pyridine rings is 1. The van der Waals surface area contributed by atoms with Crippen LogP contribution in [0.1, 0.15) is 18.4 Å². The van der Waals surface area contributed by atoms with Crippen molar-refractivity contribution in [3.8, 4) is 0 Å². The van der Waals surface area contributed by atoms with Gasteiger partial charge < -0.3 is 12.2 Å². The minimum atomic E-state index is -0.240. The molecule has 0 aliphatic carbocycles. The molecule has 3 nitrogen and oxygen atoms in total. The van der Waals surface area contributed by atoms with E-state index in [2.05, 4.69) is 0 Å². The Morgan fingerprint density at radius 2 is 1.68 bits per heavy atom. The number of hydrogen-bond donors (Lipinski definition) is 0. The molecule has 2 aromatic rings. The van der Waals surface area contributed by atoms with Gasteiger partial charge in [-0.1, -0.05) is 36.4 Å². The fourth-order valence-electron chi connectivity index (χ4n) is 1.66. The van der Waals surface area contributed by atoms with Gasteiger partial charge in [-0.2, -0.15) is 4.57 Å². The molecule has 0 spiro atoms. The third-order valence-corrected chi connectivity index (χ3v) is 2.79. The molecule has 0 aliphatic rings. The molecule has 0 fully saturated rings. The van der Waals surface area contributed by atoms with Gasteiger partial charge in [-0.05, 0) is 12.5 Å². The van der Waals surface area contributed by atoms with Crippen molar-refractivity contribution in [1.29, 1.82) is 0 Å². The van der Waals surface area contributed by atoms with Crippen molar-refractivity contribution in [1.82, 2.24) is 0 Å². The van der Waals surface area contributed by atoms with Crippen LogP contribution in [-0.4, -0.2) is 5.97 Å². The molecular weight excluding hydrogens is 238 g/mol. The van der Waals surface area contributed by atoms with Crippen LogP contribution in [0, 0.1) is 7.43 Å². The van der Waals surface area contributed by atoms with Crippen LogP contribution in [0.4, 0.5) is 0 Å². The Balaban J connectivity index is 0.00000180. The number of esters is 1. The van der Waals surface area contributed by atoms with E-state index < -0.39 is 0 Å². The molecule has 0 unspecified atom stereocenters. The first kappa shape index (κ1) is 14.9. The molecule has 0 saturated heterocycles. The topological polar surface area (TPSA) is 30.2 Å². The normalized spacial score (nSPS) is 11.2. The van der Waals surface area contributed by atoms with Crippen LogP contribution in [-0.2, 0) is 16.3 Å². The Bertz CT molecular complexity index is 497. The molecule has 0 amide bonds. The average Bonchev–Trinajstić information content (AvgIpc) is 2.46. The standard InChI is InChI=1S/C15H16NO2.CH3/c1-13(14-8-4-2-5-9-14)15(17)18-12-16-10-6-3-7-11-16;/h2-11,13H,12H2,1H3;1H3/q+1;-1/t13-;/m1./s1. The number of rotatable bonds is 4. The van der Waals surface area contributed by atoms with Gasteiger partial charge in [0.15, 0.2) is 12.4 Å². The van der Waals surface area contributed by atoms with E-state index in [0.29, 0.717) is 0 Å². The SMILES string of the molecule is C[C@@H](C(=O)OC[n+]1ccccc1)c1ccccc1.[CH3-]. The largest absolute Gasteiger partial charge is 0.404 e. The highest BCUT2D eigenvalue weighted by Crippen LogP contribution is 2.15. The van der Waals surface area contributed by atoms with E-state index >= 15 is 0 Å². The molecule has 0 radical (unpaired) electrons. The van der Waals surface area contributed by atoms with Gasteiger partial charge in [0, 0.05) is 12.1 Å². The molecule has 1 aromatic heterocycles. The molecular formula is C16H19NO2. The van der Waals surface area contributed by atoms with E-state index in [4.69, 9.17) is 4.74 Å². The fraction of sp³-hybridized carbons (Fsp3) is 0.188. The maximum absolute atomic E-state index is 11.9. The Morgan fingerprint density at radius 1 is 1.11 bits per heavy atom. The summed E-state index contributed by atoms with van der Waals surface area (Å²) >= 11 is 0. The summed E-state index contributed by atoms with van der Waals surface area (Å²) in [7, 11) is 0. The number of hydrogen-bond acceptors (Lipinski definition) is 2. The number of carbonyl (C=O) groups excluding carboxylic acids is 1. The predicted molar refractivity (Wildman–Crippen MR) is 74.0 cm³/mol. The first-order valence-corrected chi connectivity index (χ1v) is 5.93. The lowest BCUT2D eigenvalue weighted by Crippen LogP contribution is -2.35. The zero-order valence-corrected chi connectivity index (χ0v) is 11.3. The highest BCUT2D eigenvalue weighted by Gasteiger charge is 2.17. The summed E-state index contributed by atoms with van der Waals surface area (Å²) in [5.74, 6) is -0.451. The average molecular weight is 257 g/mol. The van der Waals surface area contributed by atoms with Crippen LogP contribution >= 0.6 is 0 Å². The van der Waals surface area contributed by atoms with Crippen LogP contribution in [0.15, 0.2) is 60.9 Å². The number of ether oxygens (including phenoxy) is 1. The van der Waals surface area contributed by atoms with E-state index in [9.17, 15) is 4.79 Å². The van der Waals surface area contributed by atoms with Gasteiger partial charge in [0.2, 0.25) is 0 Å². The van der Waals surface area contributed by atoms with E-state index in [0.717, 1.165) is 5.56 Å². The summed E-state index contributed by atoms with van der Waals surface area (Å²) in [6, 6.07) is 15.4. The number of carbonyl (C=O) groups is 1. The van der Waals surface area contributed by atoms with Gasteiger partial charge in [-0.15, -0.1) is 0 Å². The van der Waals surface area contributed by atoms with Gasteiger partial charge in [0.05, 0.1) is 5.92 Å². The second kappa shape index (κ2) is 7.31. The third-order valence-electron chi connectivity index (χ3n) is 2.79. The van der Waals surface area contributed by atoms with E-state index in [1.54, 1.807) is 0 Å². The molecule has 0 saturated carbocycles. The van der Waals surface area contributed by atoms with Crippen LogP contribution in [0.2, 0.25) is 0 Å². The highest BCUT2D eigenvalue weighted by atomic mass is 16.5. The maximum atomic E-state index is 11.9. The molecule has 1 aromatic carbocycles. The van der Waals surface area contributed by atoms with Crippen molar-refractivity contribution in [3.63, 3.8) is 0 Å². The lowest BCUT2D eigenvalue weighted by Gasteiger charge is -2.09. The van der Waals surface area contributed by atoms with Crippen molar-refractivity contribution in [2.45, 2.75) is 19.6 Å². The summed E-state index contributed by atoms with van der Waals surface area (Å²) in [6.07, 6.45) is 3.72. The molecule has 1 heterocycles. The fourth-order valence-corrected chi connectivity index (χ4v) is 1.66. The minimum Gasteiger partial charge on any atom is -0.404 e. The van der Waals surface area contributed by atoms with Crippen molar-refractivity contribution < 1.29 is 14.1 Å². The monoisotopic (exact) mass is 257 g/mol. The zero-order chi connectivity index (χ0) is 12.8.